The second-order valence-corrected chi connectivity index (χ2v) is 0. The molecule has 0 saturated carbocycles. The van der Waals surface area contributed by atoms with Crippen molar-refractivity contribution in [2.75, 3.05) is 0 Å². The summed E-state index contributed by atoms with van der Waals surface area (Å²) in [7, 11) is 0. The Kier molecular flexibility index (Phi) is 226. The topological polar surface area (TPSA) is 0 Å². The maximum Gasteiger partial charge on any atom is 0 e. The molecule has 0 aromatic rings. The van der Waals surface area contributed by atoms with E-state index < -0.39 is 0 Å². The molecule has 0 aliphatic rings. The number of rotatable bonds is 0. The third kappa shape index (κ3) is 22.8. The second kappa shape index (κ2) is 31.7. The summed E-state index contributed by atoms with van der Waals surface area (Å²) in [6, 6.07) is 0. The maximum atomic E-state index is 0. The van der Waals surface area contributed by atoms with Gasteiger partial charge in [-0.3, -0.25) is 0 Å². The minimum Gasteiger partial charge on any atom is 0 e. The molecule has 0 N–H and O–H groups in total. The van der Waals surface area contributed by atoms with Crippen LogP contribution in [0.2, 0.25) is 0 Å². The number of hydrogen-bond acceptors (Lipinski definition) is 0. The Morgan fingerprint density at radius 1 is 0.167 bits per heavy atom. The summed E-state index contributed by atoms with van der Waals surface area (Å²) in [6.45, 7) is 0. The van der Waals surface area contributed by atoms with Crippen LogP contribution in [0.3, 0.4) is 0 Å². The molecular formula is Zr6. The zero-order chi connectivity index (χ0) is 0. The van der Waals surface area contributed by atoms with E-state index in [1.807, 2.05) is 0 Å². The molecule has 24 valence electrons. The summed E-state index contributed by atoms with van der Waals surface area (Å²) in [5, 5.41) is 0. The Morgan fingerprint density at radius 3 is 0.167 bits per heavy atom. The minimum atomic E-state index is 0. The van der Waals surface area contributed by atoms with E-state index in [4.69, 9.17) is 0 Å². The largest absolute Gasteiger partial charge is 0 e. The van der Waals surface area contributed by atoms with E-state index in [0.717, 1.165) is 0 Å². The van der Waals surface area contributed by atoms with Crippen molar-refractivity contribution in [1.29, 1.82) is 0 Å². The van der Waals surface area contributed by atoms with Crippen molar-refractivity contribution in [1.82, 2.24) is 0 Å². The van der Waals surface area contributed by atoms with Crippen LogP contribution in [0.5, 0.6) is 0 Å². The first-order valence-electron chi connectivity index (χ1n) is 0. The van der Waals surface area contributed by atoms with Gasteiger partial charge in [0.15, 0.2) is 0 Å². The first-order valence-corrected chi connectivity index (χ1v) is 0. The molecule has 0 radical (unpaired) electrons. The SMILES string of the molecule is [Zr].[Zr].[Zr].[Zr].[Zr].[Zr]. The standard InChI is InChI=1S/6Zr. The van der Waals surface area contributed by atoms with Crippen LogP contribution in [0.25, 0.3) is 0 Å². The Morgan fingerprint density at radius 2 is 0.167 bits per heavy atom. The van der Waals surface area contributed by atoms with Gasteiger partial charge in [0.2, 0.25) is 0 Å². The summed E-state index contributed by atoms with van der Waals surface area (Å²) < 4.78 is 0. The average Bonchev–Trinajstić information content (AvgIpc) is 0. The molecule has 6 heteroatoms. The molecule has 0 bridgehead atoms. The molecule has 0 spiro atoms. The van der Waals surface area contributed by atoms with Crippen molar-refractivity contribution in [3.8, 4) is 0 Å². The van der Waals surface area contributed by atoms with Crippen LogP contribution in [-0.2, 0) is 157 Å². The maximum absolute atomic E-state index is 0. The zero-order valence-corrected chi connectivity index (χ0v) is 17.7. The first kappa shape index (κ1) is 42.7. The van der Waals surface area contributed by atoms with Gasteiger partial charge >= 0.3 is 0 Å². The van der Waals surface area contributed by atoms with Crippen molar-refractivity contribution in [2.45, 2.75) is 0 Å². The normalized spacial score (nSPS) is 0. The molecule has 0 unspecified atom stereocenters. The summed E-state index contributed by atoms with van der Waals surface area (Å²) >= 11 is 0. The Balaban J connectivity index is 0. The molecule has 0 nitrogen and oxygen atoms in total. The molecule has 0 aliphatic heterocycles. The van der Waals surface area contributed by atoms with E-state index in [1.165, 1.54) is 0 Å². The number of hydrogen-bond donors (Lipinski definition) is 0. The van der Waals surface area contributed by atoms with Crippen LogP contribution in [0.15, 0.2) is 0 Å². The third-order valence-corrected chi connectivity index (χ3v) is 0. The molecule has 0 heterocycles. The quantitative estimate of drug-likeness (QED) is 0.401. The van der Waals surface area contributed by atoms with Gasteiger partial charge in [-0.05, 0) is 0 Å². The Hall–Kier alpha value is 5.30. The van der Waals surface area contributed by atoms with Crippen molar-refractivity contribution >= 4 is 0 Å². The third-order valence-electron chi connectivity index (χ3n) is 0. The fourth-order valence-corrected chi connectivity index (χ4v) is 0. The van der Waals surface area contributed by atoms with Crippen LogP contribution in [0.4, 0.5) is 0 Å². The molecule has 0 aromatic carbocycles. The van der Waals surface area contributed by atoms with E-state index >= 15 is 0 Å². The van der Waals surface area contributed by atoms with Gasteiger partial charge in [-0.15, -0.1) is 0 Å². The van der Waals surface area contributed by atoms with Gasteiger partial charge in [0.1, 0.15) is 0 Å². The van der Waals surface area contributed by atoms with Crippen LogP contribution in [-0.4, -0.2) is 0 Å². The smallest absolute Gasteiger partial charge is 0 e. The van der Waals surface area contributed by atoms with Crippen LogP contribution in [0, 0.1) is 0 Å². The molecule has 0 fully saturated rings. The second-order valence-electron chi connectivity index (χ2n) is 0. The van der Waals surface area contributed by atoms with E-state index in [2.05, 4.69) is 0 Å². The molecule has 6 heavy (non-hydrogen) atoms. The van der Waals surface area contributed by atoms with E-state index in [9.17, 15) is 0 Å². The van der Waals surface area contributed by atoms with Crippen molar-refractivity contribution in [3.63, 3.8) is 0 Å². The predicted octanol–water partition coefficient (Wildman–Crippen LogP) is -0.0150. The molecular weight excluding hydrogens is 547 g/mol. The first-order chi connectivity index (χ1) is 0. The summed E-state index contributed by atoms with van der Waals surface area (Å²) in [5.74, 6) is 0. The van der Waals surface area contributed by atoms with Crippen molar-refractivity contribution < 1.29 is 157 Å². The molecule has 0 aliphatic carbocycles. The monoisotopic (exact) mass is 539 g/mol. The fourth-order valence-electron chi connectivity index (χ4n) is 0. The Bertz CT molecular complexity index is 0. The van der Waals surface area contributed by atoms with Gasteiger partial charge in [-0.1, -0.05) is 0 Å². The van der Waals surface area contributed by atoms with Crippen LogP contribution >= 0.6 is 0 Å². The van der Waals surface area contributed by atoms with Gasteiger partial charge in [-0.25, -0.2) is 0 Å². The minimum absolute atomic E-state index is 0. The van der Waals surface area contributed by atoms with Crippen molar-refractivity contribution in [3.05, 3.63) is 0 Å². The summed E-state index contributed by atoms with van der Waals surface area (Å²) in [6.07, 6.45) is 0. The molecule has 0 rings (SSSR count). The van der Waals surface area contributed by atoms with Gasteiger partial charge in [0.25, 0.3) is 0 Å². The van der Waals surface area contributed by atoms with Crippen LogP contribution < -0.4 is 0 Å². The van der Waals surface area contributed by atoms with Crippen LogP contribution in [0.1, 0.15) is 0 Å². The van der Waals surface area contributed by atoms with Gasteiger partial charge in [0.05, 0.1) is 0 Å². The van der Waals surface area contributed by atoms with Gasteiger partial charge in [0, 0.05) is 157 Å². The molecule has 0 saturated heterocycles. The van der Waals surface area contributed by atoms with E-state index in [0.29, 0.717) is 0 Å². The van der Waals surface area contributed by atoms with Gasteiger partial charge < -0.3 is 0 Å². The molecule has 0 amide bonds. The Labute approximate surface area is 153 Å². The van der Waals surface area contributed by atoms with Crippen molar-refractivity contribution in [2.24, 2.45) is 0 Å². The summed E-state index contributed by atoms with van der Waals surface area (Å²) in [5.41, 5.74) is 0. The van der Waals surface area contributed by atoms with Gasteiger partial charge in [-0.2, -0.15) is 0 Å². The van der Waals surface area contributed by atoms with E-state index in [-0.39, 0.29) is 157 Å². The molecule has 0 atom stereocenters. The molecule has 0 aromatic heterocycles. The predicted molar refractivity (Wildman–Crippen MR) is 0 cm³/mol. The average molecular weight is 547 g/mol. The van der Waals surface area contributed by atoms with E-state index in [1.54, 1.807) is 0 Å². The fraction of sp³-hybridized carbons (Fsp3) is 0. The zero-order valence-electron chi connectivity index (χ0n) is 3.00. The summed E-state index contributed by atoms with van der Waals surface area (Å²) in [4.78, 5) is 0.